The third kappa shape index (κ3) is 4.21. The Kier molecular flexibility index (Phi) is 5.69. The Labute approximate surface area is 123 Å². The minimum atomic E-state index is 0.218. The SMILES string of the molecule is CSc1nc(Cl)cc(N2CCCN(CCO)CC2)n1. The van der Waals surface area contributed by atoms with Crippen molar-refractivity contribution < 1.29 is 5.11 Å². The maximum atomic E-state index is 9.00. The molecule has 1 aliphatic heterocycles. The zero-order valence-electron chi connectivity index (χ0n) is 11.0. The molecule has 1 aliphatic rings. The fourth-order valence-electron chi connectivity index (χ4n) is 2.20. The van der Waals surface area contributed by atoms with Gasteiger partial charge in [0.2, 0.25) is 0 Å². The summed E-state index contributed by atoms with van der Waals surface area (Å²) in [7, 11) is 0. The number of halogens is 1. The summed E-state index contributed by atoms with van der Waals surface area (Å²) in [6, 6.07) is 1.82. The molecule has 0 atom stereocenters. The van der Waals surface area contributed by atoms with Crippen molar-refractivity contribution in [1.29, 1.82) is 0 Å². The predicted molar refractivity (Wildman–Crippen MR) is 79.2 cm³/mol. The molecule has 0 amide bonds. The average molecular weight is 303 g/mol. The fourth-order valence-corrected chi connectivity index (χ4v) is 2.81. The molecule has 2 rings (SSSR count). The molecule has 0 aliphatic carbocycles. The van der Waals surface area contributed by atoms with E-state index in [0.717, 1.165) is 45.0 Å². The van der Waals surface area contributed by atoms with Crippen molar-refractivity contribution in [2.45, 2.75) is 11.6 Å². The number of thioether (sulfide) groups is 1. The molecule has 0 bridgehead atoms. The second-order valence-electron chi connectivity index (χ2n) is 4.44. The lowest BCUT2D eigenvalue weighted by Gasteiger charge is -2.22. The van der Waals surface area contributed by atoms with Gasteiger partial charge in [-0.25, -0.2) is 9.97 Å². The summed E-state index contributed by atoms with van der Waals surface area (Å²) >= 11 is 7.53. The van der Waals surface area contributed by atoms with Crippen molar-refractivity contribution in [3.8, 4) is 0 Å². The summed E-state index contributed by atoms with van der Waals surface area (Å²) < 4.78 is 0. The number of aromatic nitrogens is 2. The van der Waals surface area contributed by atoms with Gasteiger partial charge in [-0.1, -0.05) is 23.4 Å². The van der Waals surface area contributed by atoms with Gasteiger partial charge in [0.25, 0.3) is 0 Å². The second kappa shape index (κ2) is 7.28. The molecule has 106 valence electrons. The van der Waals surface area contributed by atoms with Crippen molar-refractivity contribution >= 4 is 29.2 Å². The summed E-state index contributed by atoms with van der Waals surface area (Å²) in [5.41, 5.74) is 0. The first-order valence-corrected chi connectivity index (χ1v) is 8.00. The number of aliphatic hydroxyl groups is 1. The number of hydrogen-bond donors (Lipinski definition) is 1. The zero-order valence-corrected chi connectivity index (χ0v) is 12.6. The number of hydrogen-bond acceptors (Lipinski definition) is 6. The van der Waals surface area contributed by atoms with E-state index in [-0.39, 0.29) is 6.61 Å². The molecule has 1 aromatic heterocycles. The van der Waals surface area contributed by atoms with Crippen molar-refractivity contribution in [2.24, 2.45) is 0 Å². The second-order valence-corrected chi connectivity index (χ2v) is 5.60. The Morgan fingerprint density at radius 2 is 2.16 bits per heavy atom. The summed E-state index contributed by atoms with van der Waals surface area (Å²) in [6.07, 6.45) is 3.01. The van der Waals surface area contributed by atoms with Gasteiger partial charge < -0.3 is 10.0 Å². The Hall–Kier alpha value is -0.560. The van der Waals surface area contributed by atoms with Gasteiger partial charge >= 0.3 is 0 Å². The van der Waals surface area contributed by atoms with Crippen LogP contribution in [0.1, 0.15) is 6.42 Å². The van der Waals surface area contributed by atoms with E-state index in [0.29, 0.717) is 10.3 Å². The number of anilines is 1. The van der Waals surface area contributed by atoms with E-state index < -0.39 is 0 Å². The van der Waals surface area contributed by atoms with Crippen LogP contribution in [0.3, 0.4) is 0 Å². The van der Waals surface area contributed by atoms with Gasteiger partial charge in [-0.3, -0.25) is 4.90 Å². The highest BCUT2D eigenvalue weighted by Gasteiger charge is 2.16. The van der Waals surface area contributed by atoms with Crippen LogP contribution in [0, 0.1) is 0 Å². The first-order valence-electron chi connectivity index (χ1n) is 6.39. The molecule has 5 nitrogen and oxygen atoms in total. The maximum absolute atomic E-state index is 9.00. The lowest BCUT2D eigenvalue weighted by Crippen LogP contribution is -2.32. The minimum Gasteiger partial charge on any atom is -0.395 e. The molecule has 0 unspecified atom stereocenters. The molecule has 1 aromatic rings. The van der Waals surface area contributed by atoms with Gasteiger partial charge in [-0.05, 0) is 19.2 Å². The van der Waals surface area contributed by atoms with Crippen LogP contribution in [0.4, 0.5) is 5.82 Å². The van der Waals surface area contributed by atoms with Gasteiger partial charge in [-0.15, -0.1) is 0 Å². The van der Waals surface area contributed by atoms with Crippen molar-refractivity contribution in [3.05, 3.63) is 11.2 Å². The van der Waals surface area contributed by atoms with Crippen LogP contribution in [0.5, 0.6) is 0 Å². The highest BCUT2D eigenvalue weighted by Crippen LogP contribution is 2.21. The monoisotopic (exact) mass is 302 g/mol. The first kappa shape index (κ1) is 14.8. The Morgan fingerprint density at radius 3 is 2.89 bits per heavy atom. The molecule has 1 N–H and O–H groups in total. The van der Waals surface area contributed by atoms with E-state index in [1.54, 1.807) is 0 Å². The average Bonchev–Trinajstić information content (AvgIpc) is 2.64. The van der Waals surface area contributed by atoms with Crippen LogP contribution < -0.4 is 4.90 Å². The van der Waals surface area contributed by atoms with Gasteiger partial charge in [0.15, 0.2) is 5.16 Å². The highest BCUT2D eigenvalue weighted by atomic mass is 35.5. The summed E-state index contributed by atoms with van der Waals surface area (Å²) in [6.45, 7) is 4.79. The van der Waals surface area contributed by atoms with Gasteiger partial charge in [0.1, 0.15) is 11.0 Å². The first-order chi connectivity index (χ1) is 9.22. The Morgan fingerprint density at radius 1 is 1.32 bits per heavy atom. The molecule has 2 heterocycles. The molecule has 1 saturated heterocycles. The lowest BCUT2D eigenvalue weighted by atomic mass is 10.4. The smallest absolute Gasteiger partial charge is 0.190 e. The van der Waals surface area contributed by atoms with Crippen LogP contribution in [0.25, 0.3) is 0 Å². The number of aliphatic hydroxyl groups excluding tert-OH is 1. The third-order valence-electron chi connectivity index (χ3n) is 3.17. The molecular formula is C12H19ClN4OS. The molecule has 7 heteroatoms. The summed E-state index contributed by atoms with van der Waals surface area (Å²) in [4.78, 5) is 13.2. The maximum Gasteiger partial charge on any atom is 0.190 e. The van der Waals surface area contributed by atoms with Crippen LogP contribution in [-0.4, -0.2) is 65.6 Å². The molecule has 0 radical (unpaired) electrons. The van der Waals surface area contributed by atoms with Crippen molar-refractivity contribution in [1.82, 2.24) is 14.9 Å². The summed E-state index contributed by atoms with van der Waals surface area (Å²) in [5.74, 6) is 0.898. The molecule has 1 fully saturated rings. The van der Waals surface area contributed by atoms with Crippen LogP contribution >= 0.6 is 23.4 Å². The van der Waals surface area contributed by atoms with Gasteiger partial charge in [-0.2, -0.15) is 0 Å². The highest BCUT2D eigenvalue weighted by molar-refractivity contribution is 7.98. The van der Waals surface area contributed by atoms with Gasteiger partial charge in [0, 0.05) is 32.2 Å². The molecular weight excluding hydrogens is 284 g/mol. The number of β-amino-alcohol motifs (C(OH)–C–C–N with tert-alkyl or cyclic N) is 1. The Bertz CT molecular complexity index is 421. The fraction of sp³-hybridized carbons (Fsp3) is 0.667. The van der Waals surface area contributed by atoms with E-state index in [9.17, 15) is 0 Å². The molecule has 19 heavy (non-hydrogen) atoms. The lowest BCUT2D eigenvalue weighted by molar-refractivity contribution is 0.204. The van der Waals surface area contributed by atoms with Crippen LogP contribution in [-0.2, 0) is 0 Å². The van der Waals surface area contributed by atoms with Gasteiger partial charge in [0.05, 0.1) is 6.61 Å². The van der Waals surface area contributed by atoms with Crippen LogP contribution in [0.2, 0.25) is 5.15 Å². The minimum absolute atomic E-state index is 0.218. The van der Waals surface area contributed by atoms with E-state index in [4.69, 9.17) is 16.7 Å². The third-order valence-corrected chi connectivity index (χ3v) is 3.91. The predicted octanol–water partition coefficient (Wildman–Crippen LogP) is 1.36. The van der Waals surface area contributed by atoms with E-state index in [1.807, 2.05) is 12.3 Å². The zero-order chi connectivity index (χ0) is 13.7. The van der Waals surface area contributed by atoms with E-state index in [2.05, 4.69) is 19.8 Å². The van der Waals surface area contributed by atoms with Crippen molar-refractivity contribution in [3.63, 3.8) is 0 Å². The number of rotatable bonds is 4. The summed E-state index contributed by atoms with van der Waals surface area (Å²) in [5, 5.41) is 10.2. The molecule has 0 spiro atoms. The quantitative estimate of drug-likeness (QED) is 0.515. The normalized spacial score (nSPS) is 17.5. The van der Waals surface area contributed by atoms with E-state index >= 15 is 0 Å². The standard InChI is InChI=1S/C12H19ClN4OS/c1-19-12-14-10(13)9-11(15-12)17-4-2-3-16(5-6-17)7-8-18/h9,18H,2-8H2,1H3. The number of nitrogens with zero attached hydrogens (tertiary/aromatic N) is 4. The molecule has 0 saturated carbocycles. The molecule has 0 aromatic carbocycles. The van der Waals surface area contributed by atoms with E-state index in [1.165, 1.54) is 11.8 Å². The largest absolute Gasteiger partial charge is 0.395 e. The Balaban J connectivity index is 2.07. The van der Waals surface area contributed by atoms with Crippen molar-refractivity contribution in [2.75, 3.05) is 50.5 Å². The topological polar surface area (TPSA) is 52.5 Å². The van der Waals surface area contributed by atoms with Crippen LogP contribution in [0.15, 0.2) is 11.2 Å².